The van der Waals surface area contributed by atoms with E-state index in [0.29, 0.717) is 61.4 Å². The zero-order chi connectivity index (χ0) is 45.6. The number of aliphatic hydroxyl groups is 1. The summed E-state index contributed by atoms with van der Waals surface area (Å²) in [5.74, 6) is -9.33. The van der Waals surface area contributed by atoms with Crippen LogP contribution in [0.3, 0.4) is 0 Å². The number of fused-ring (bicyclic) bond motifs is 1. The highest BCUT2D eigenvalue weighted by atomic mass is 32.2. The van der Waals surface area contributed by atoms with Crippen LogP contribution in [-0.4, -0.2) is 110 Å². The number of aliphatic hydroxyl groups excluding tert-OH is 1. The van der Waals surface area contributed by atoms with E-state index in [1.165, 1.54) is 18.2 Å². The molecule has 0 unspecified atom stereocenters. The predicted molar refractivity (Wildman–Crippen MR) is 229 cm³/mol. The molecule has 0 spiro atoms. The van der Waals surface area contributed by atoms with Gasteiger partial charge in [0.15, 0.2) is 11.6 Å². The molecule has 1 amide bonds. The van der Waals surface area contributed by atoms with Crippen LogP contribution in [0.4, 0.5) is 23.2 Å². The average molecular weight is 888 g/mol. The first-order valence-corrected chi connectivity index (χ1v) is 22.2. The van der Waals surface area contributed by atoms with Gasteiger partial charge in [0.1, 0.15) is 5.84 Å². The second-order valence-corrected chi connectivity index (χ2v) is 19.2. The van der Waals surface area contributed by atoms with E-state index in [1.807, 2.05) is 63.1 Å². The number of nitrogens with two attached hydrogens (primary N) is 1. The van der Waals surface area contributed by atoms with Crippen LogP contribution < -0.4 is 10.5 Å². The van der Waals surface area contributed by atoms with E-state index >= 15 is 0 Å². The number of amides is 1. The molecule has 0 aromatic heterocycles. The van der Waals surface area contributed by atoms with E-state index in [-0.39, 0.29) is 67.8 Å². The van der Waals surface area contributed by atoms with Gasteiger partial charge in [-0.15, -0.1) is 0 Å². The molecule has 2 aliphatic rings. The summed E-state index contributed by atoms with van der Waals surface area (Å²) in [6.45, 7) is 11.8. The number of hydrogen-bond donors (Lipinski definition) is 2. The summed E-state index contributed by atoms with van der Waals surface area (Å²) in [6, 6.07) is 12.3. The molecule has 0 bridgehead atoms. The van der Waals surface area contributed by atoms with Crippen LogP contribution in [0, 0.1) is 34.6 Å². The number of rotatable bonds is 20. The topological polar surface area (TPSA) is 155 Å². The van der Waals surface area contributed by atoms with Crippen molar-refractivity contribution in [3.05, 3.63) is 82.9 Å². The van der Waals surface area contributed by atoms with Crippen LogP contribution in [0.5, 0.6) is 5.75 Å². The number of carbonyl (C=O) groups excluding carboxylic acids is 2. The third-order valence-electron chi connectivity index (χ3n) is 11.1. The Morgan fingerprint density at radius 1 is 0.935 bits per heavy atom. The Bertz CT molecular complexity index is 2270. The molecule has 2 aliphatic heterocycles. The summed E-state index contributed by atoms with van der Waals surface area (Å²) < 4.78 is 93.9. The third kappa shape index (κ3) is 11.9. The maximum Gasteiger partial charge on any atom is 0.317 e. The number of hydrogen-bond acceptors (Lipinski definition) is 10. The van der Waals surface area contributed by atoms with Gasteiger partial charge >= 0.3 is 5.97 Å². The molecule has 5 rings (SSSR count). The number of aliphatic imine (C=N–C) groups is 1. The van der Waals surface area contributed by atoms with Gasteiger partial charge in [-0.2, -0.15) is 13.1 Å². The summed E-state index contributed by atoms with van der Waals surface area (Å²) in [7, 11) is -1.73. The van der Waals surface area contributed by atoms with Gasteiger partial charge in [0.2, 0.25) is 33.3 Å². The van der Waals surface area contributed by atoms with Crippen molar-refractivity contribution < 1.29 is 50.1 Å². The van der Waals surface area contributed by atoms with E-state index in [2.05, 4.69) is 9.89 Å². The molecule has 2 heterocycles. The van der Waals surface area contributed by atoms with Crippen LogP contribution >= 0.6 is 0 Å². The molecule has 338 valence electrons. The number of carbonyl (C=O) groups is 2. The lowest BCUT2D eigenvalue weighted by Crippen LogP contribution is -2.51. The normalized spacial score (nSPS) is 15.1. The lowest BCUT2D eigenvalue weighted by atomic mass is 9.90. The molecule has 17 heteroatoms. The molecule has 1 saturated heterocycles. The molecular formula is C45H57F4N5O7S. The average Bonchev–Trinajstić information content (AvgIpc) is 3.37. The molecule has 0 radical (unpaired) electrons. The highest BCUT2D eigenvalue weighted by Gasteiger charge is 2.37. The number of ether oxygens (including phenoxy) is 2. The van der Waals surface area contributed by atoms with Crippen molar-refractivity contribution in [2.45, 2.75) is 77.2 Å². The Balaban J connectivity index is 1.12. The highest BCUT2D eigenvalue weighted by molar-refractivity contribution is 7.89. The minimum atomic E-state index is -3.71. The van der Waals surface area contributed by atoms with E-state index < -0.39 is 56.0 Å². The van der Waals surface area contributed by atoms with Crippen LogP contribution in [0.25, 0.3) is 17.2 Å². The molecule has 12 nitrogen and oxygen atoms in total. The minimum Gasteiger partial charge on any atom is -0.420 e. The first-order chi connectivity index (χ1) is 29.1. The number of benzene rings is 3. The molecule has 1 fully saturated rings. The van der Waals surface area contributed by atoms with Crippen LogP contribution in [0.15, 0.2) is 64.0 Å². The number of sulfonamides is 1. The second kappa shape index (κ2) is 20.2. The molecule has 3 N–H and O–H groups in total. The maximum absolute atomic E-state index is 14.1. The largest absolute Gasteiger partial charge is 0.420 e. The molecule has 62 heavy (non-hydrogen) atoms. The molecule has 3 aromatic carbocycles. The van der Waals surface area contributed by atoms with E-state index in [4.69, 9.17) is 15.2 Å². The minimum absolute atomic E-state index is 0.0380. The lowest BCUT2D eigenvalue weighted by molar-refractivity contribution is -0.146. The number of nitrogens with zero attached hydrogens (tertiary/aromatic N) is 4. The first kappa shape index (κ1) is 48.4. The smallest absolute Gasteiger partial charge is 0.317 e. The van der Waals surface area contributed by atoms with Gasteiger partial charge in [0, 0.05) is 75.5 Å². The van der Waals surface area contributed by atoms with E-state index in [9.17, 15) is 40.7 Å². The zero-order valence-electron chi connectivity index (χ0n) is 36.1. The van der Waals surface area contributed by atoms with E-state index in [1.54, 1.807) is 18.2 Å². The Labute approximate surface area is 361 Å². The Hall–Kier alpha value is -4.68. The monoisotopic (exact) mass is 887 g/mol. The summed E-state index contributed by atoms with van der Waals surface area (Å²) in [6.07, 6.45) is 4.15. The van der Waals surface area contributed by atoms with Crippen LogP contribution in [-0.2, 0) is 24.3 Å². The van der Waals surface area contributed by atoms with Gasteiger partial charge in [-0.3, -0.25) is 9.59 Å². The van der Waals surface area contributed by atoms with Gasteiger partial charge in [-0.05, 0) is 102 Å². The number of amidine groups is 1. The summed E-state index contributed by atoms with van der Waals surface area (Å²) in [5, 5.41) is 9.34. The van der Waals surface area contributed by atoms with Crippen molar-refractivity contribution in [2.24, 2.45) is 22.1 Å². The zero-order valence-corrected chi connectivity index (χ0v) is 37.0. The predicted octanol–water partition coefficient (Wildman–Crippen LogP) is 7.07. The SMILES string of the molecule is CCCN(CCCN(C)CCC(C)(C)OCCC(C)(C)C(=O)Oc1c(F)c(F)cc(F)c1F)C(=O)C1=Cc2ccc(-c3cccc(S(=O)(=O)N4CC(CO)C4)c3)cc2N=C(N)C1. The van der Waals surface area contributed by atoms with E-state index in [0.717, 1.165) is 12.0 Å². The molecule has 3 aromatic rings. The molecule has 0 atom stereocenters. The van der Waals surface area contributed by atoms with Crippen LogP contribution in [0.1, 0.15) is 72.3 Å². The molecular weight excluding hydrogens is 831 g/mol. The van der Waals surface area contributed by atoms with Crippen molar-refractivity contribution in [3.63, 3.8) is 0 Å². The van der Waals surface area contributed by atoms with Gasteiger partial charge in [0.25, 0.3) is 0 Å². The van der Waals surface area contributed by atoms with Crippen LogP contribution in [0.2, 0.25) is 0 Å². The highest BCUT2D eigenvalue weighted by Crippen LogP contribution is 2.35. The summed E-state index contributed by atoms with van der Waals surface area (Å²) >= 11 is 0. The van der Waals surface area contributed by atoms with Crippen molar-refractivity contribution in [1.82, 2.24) is 14.1 Å². The fourth-order valence-electron chi connectivity index (χ4n) is 7.05. The van der Waals surface area contributed by atoms with Crippen molar-refractivity contribution in [1.29, 1.82) is 0 Å². The fraction of sp³-hybridized carbons (Fsp3) is 0.489. The molecule has 0 aliphatic carbocycles. The first-order valence-electron chi connectivity index (χ1n) is 20.7. The second-order valence-electron chi connectivity index (χ2n) is 17.2. The van der Waals surface area contributed by atoms with Gasteiger partial charge in [-0.1, -0.05) is 31.2 Å². The van der Waals surface area contributed by atoms with Crippen molar-refractivity contribution >= 4 is 39.5 Å². The van der Waals surface area contributed by atoms with Gasteiger partial charge in [-0.25, -0.2) is 22.2 Å². The quantitative estimate of drug-likeness (QED) is 0.0525. The van der Waals surface area contributed by atoms with Crippen molar-refractivity contribution in [2.75, 3.05) is 59.5 Å². The summed E-state index contributed by atoms with van der Waals surface area (Å²) in [5.41, 5.74) is 7.69. The Kier molecular flexibility index (Phi) is 15.8. The summed E-state index contributed by atoms with van der Waals surface area (Å²) in [4.78, 5) is 35.5. The number of halogens is 4. The Morgan fingerprint density at radius 3 is 2.27 bits per heavy atom. The third-order valence-corrected chi connectivity index (χ3v) is 13.0. The van der Waals surface area contributed by atoms with Crippen molar-refractivity contribution in [3.8, 4) is 16.9 Å². The Morgan fingerprint density at radius 2 is 1.61 bits per heavy atom. The van der Waals surface area contributed by atoms with Gasteiger partial charge in [0.05, 0.1) is 21.6 Å². The standard InChI is InChI=1S/C45H57F4N5O7S/c1-7-16-53(18-9-17-52(6)19-14-45(4,5)60-20-15-44(2,3)43(57)61-41-39(48)35(46)25-36(47)40(41)49)42(56)33-21-32-13-12-31(23-37(32)51-38(50)24-33)30-10-8-11-34(22-30)62(58,59)54-26-29(27-54)28-55/h8,10-13,21-23,25,29,55H,7,9,14-20,24,26-28H2,1-6H3,(H2,50,51). The molecule has 0 saturated carbocycles. The lowest BCUT2D eigenvalue weighted by Gasteiger charge is -2.36. The van der Waals surface area contributed by atoms with Gasteiger partial charge < -0.3 is 30.1 Å². The maximum atomic E-state index is 14.1. The fourth-order valence-corrected chi connectivity index (χ4v) is 8.69. The number of esters is 1.